The van der Waals surface area contributed by atoms with E-state index >= 15 is 0 Å². The van der Waals surface area contributed by atoms with E-state index in [1.807, 2.05) is 42.8 Å². The van der Waals surface area contributed by atoms with Gasteiger partial charge in [0.2, 0.25) is 0 Å². The molecule has 1 aromatic carbocycles. The molecule has 2 aromatic rings. The molecule has 0 amide bonds. The summed E-state index contributed by atoms with van der Waals surface area (Å²) < 4.78 is 7.05. The van der Waals surface area contributed by atoms with E-state index in [9.17, 15) is 0 Å². The Kier molecular flexibility index (Phi) is 3.04. The van der Waals surface area contributed by atoms with Crippen LogP contribution in [0, 0.1) is 13.8 Å². The Morgan fingerprint density at radius 2 is 1.88 bits per heavy atom. The van der Waals surface area contributed by atoms with Gasteiger partial charge in [0.25, 0.3) is 0 Å². The monoisotopic (exact) mass is 231 g/mol. The number of aryl methyl sites for hydroxylation is 1. The standard InChI is InChI=1S/C13H17N3O/c1-9-13(14)10(2)16(15-9)8-11-4-6-12(17-3)7-5-11/h4-7H,8,14H2,1-3H3. The van der Waals surface area contributed by atoms with E-state index in [2.05, 4.69) is 5.10 Å². The van der Waals surface area contributed by atoms with Gasteiger partial charge in [-0.1, -0.05) is 12.1 Å². The van der Waals surface area contributed by atoms with Gasteiger partial charge in [0.15, 0.2) is 0 Å². The second-order valence-electron chi connectivity index (χ2n) is 4.09. The van der Waals surface area contributed by atoms with Crippen molar-refractivity contribution < 1.29 is 4.74 Å². The van der Waals surface area contributed by atoms with Gasteiger partial charge in [0.1, 0.15) is 5.75 Å². The summed E-state index contributed by atoms with van der Waals surface area (Å²) >= 11 is 0. The number of aromatic nitrogens is 2. The highest BCUT2D eigenvalue weighted by Crippen LogP contribution is 2.17. The first-order valence-electron chi connectivity index (χ1n) is 5.54. The van der Waals surface area contributed by atoms with Crippen LogP contribution in [-0.2, 0) is 6.54 Å². The summed E-state index contributed by atoms with van der Waals surface area (Å²) in [7, 11) is 1.66. The van der Waals surface area contributed by atoms with Crippen molar-refractivity contribution in [1.82, 2.24) is 9.78 Å². The van der Waals surface area contributed by atoms with Crippen molar-refractivity contribution in [1.29, 1.82) is 0 Å². The van der Waals surface area contributed by atoms with E-state index in [0.717, 1.165) is 29.4 Å². The van der Waals surface area contributed by atoms with Crippen LogP contribution in [0.4, 0.5) is 5.69 Å². The van der Waals surface area contributed by atoms with Crippen LogP contribution in [0.2, 0.25) is 0 Å². The molecule has 0 saturated heterocycles. The Labute approximate surface area is 101 Å². The molecule has 1 aromatic heterocycles. The third-order valence-electron chi connectivity index (χ3n) is 2.93. The molecule has 0 aliphatic rings. The molecular weight excluding hydrogens is 214 g/mol. The van der Waals surface area contributed by atoms with Gasteiger partial charge >= 0.3 is 0 Å². The highest BCUT2D eigenvalue weighted by Gasteiger charge is 2.08. The molecule has 2 rings (SSSR count). The van der Waals surface area contributed by atoms with E-state index in [4.69, 9.17) is 10.5 Å². The van der Waals surface area contributed by atoms with E-state index in [-0.39, 0.29) is 0 Å². The lowest BCUT2D eigenvalue weighted by Gasteiger charge is -2.06. The zero-order valence-corrected chi connectivity index (χ0v) is 10.4. The van der Waals surface area contributed by atoms with Gasteiger partial charge in [-0.15, -0.1) is 0 Å². The summed E-state index contributed by atoms with van der Waals surface area (Å²) in [6.45, 7) is 4.64. The third kappa shape index (κ3) is 2.25. The van der Waals surface area contributed by atoms with Crippen molar-refractivity contribution >= 4 is 5.69 Å². The fraction of sp³-hybridized carbons (Fsp3) is 0.308. The molecule has 2 N–H and O–H groups in total. The lowest BCUT2D eigenvalue weighted by atomic mass is 10.2. The summed E-state index contributed by atoms with van der Waals surface area (Å²) in [5.41, 5.74) is 9.75. The topological polar surface area (TPSA) is 53.1 Å². The maximum Gasteiger partial charge on any atom is 0.118 e. The lowest BCUT2D eigenvalue weighted by molar-refractivity contribution is 0.414. The first kappa shape index (κ1) is 11.5. The number of ether oxygens (including phenoxy) is 1. The van der Waals surface area contributed by atoms with Crippen LogP contribution in [0.25, 0.3) is 0 Å². The van der Waals surface area contributed by atoms with Crippen molar-refractivity contribution in [2.45, 2.75) is 20.4 Å². The average Bonchev–Trinajstić information content (AvgIpc) is 2.58. The molecule has 4 nitrogen and oxygen atoms in total. The van der Waals surface area contributed by atoms with Gasteiger partial charge in [0, 0.05) is 0 Å². The van der Waals surface area contributed by atoms with Crippen LogP contribution in [-0.4, -0.2) is 16.9 Å². The van der Waals surface area contributed by atoms with E-state index in [1.165, 1.54) is 5.56 Å². The van der Waals surface area contributed by atoms with Crippen molar-refractivity contribution in [2.24, 2.45) is 0 Å². The lowest BCUT2D eigenvalue weighted by Crippen LogP contribution is -2.04. The van der Waals surface area contributed by atoms with Gasteiger partial charge in [-0.25, -0.2) is 0 Å². The molecule has 0 atom stereocenters. The van der Waals surface area contributed by atoms with Crippen molar-refractivity contribution in [3.05, 3.63) is 41.2 Å². The quantitative estimate of drug-likeness (QED) is 0.880. The Morgan fingerprint density at radius 3 is 2.35 bits per heavy atom. The zero-order valence-electron chi connectivity index (χ0n) is 10.4. The minimum Gasteiger partial charge on any atom is -0.497 e. The number of rotatable bonds is 3. The predicted octanol–water partition coefficient (Wildman–Crippen LogP) is 2.14. The van der Waals surface area contributed by atoms with E-state index < -0.39 is 0 Å². The first-order chi connectivity index (χ1) is 8.11. The molecular formula is C13H17N3O. The number of methoxy groups -OCH3 is 1. The summed E-state index contributed by atoms with van der Waals surface area (Å²) in [5.74, 6) is 0.863. The Hall–Kier alpha value is -1.97. The third-order valence-corrected chi connectivity index (χ3v) is 2.93. The van der Waals surface area contributed by atoms with Crippen molar-refractivity contribution in [2.75, 3.05) is 12.8 Å². The number of nitrogen functional groups attached to an aromatic ring is 1. The highest BCUT2D eigenvalue weighted by atomic mass is 16.5. The molecule has 0 aliphatic heterocycles. The molecule has 1 heterocycles. The molecule has 90 valence electrons. The number of nitrogens with zero attached hydrogens (tertiary/aromatic N) is 2. The van der Waals surface area contributed by atoms with Crippen LogP contribution in [0.15, 0.2) is 24.3 Å². The largest absolute Gasteiger partial charge is 0.497 e. The zero-order chi connectivity index (χ0) is 12.4. The van der Waals surface area contributed by atoms with E-state index in [0.29, 0.717) is 0 Å². The smallest absolute Gasteiger partial charge is 0.118 e. The average molecular weight is 231 g/mol. The Balaban J connectivity index is 2.22. The van der Waals surface area contributed by atoms with Crippen LogP contribution >= 0.6 is 0 Å². The summed E-state index contributed by atoms with van der Waals surface area (Å²) in [6.07, 6.45) is 0. The molecule has 0 unspecified atom stereocenters. The van der Waals surface area contributed by atoms with Crippen LogP contribution in [0.3, 0.4) is 0 Å². The SMILES string of the molecule is COc1ccc(Cn2nc(C)c(N)c2C)cc1. The summed E-state index contributed by atoms with van der Waals surface area (Å²) in [5, 5.41) is 4.41. The molecule has 17 heavy (non-hydrogen) atoms. The molecule has 0 saturated carbocycles. The molecule has 4 heteroatoms. The second-order valence-corrected chi connectivity index (χ2v) is 4.09. The maximum absolute atomic E-state index is 5.90. The molecule has 0 fully saturated rings. The van der Waals surface area contributed by atoms with Gasteiger partial charge in [-0.05, 0) is 31.5 Å². The number of benzene rings is 1. The number of nitrogens with two attached hydrogens (primary N) is 1. The minimum atomic E-state index is 0.730. The number of hydrogen-bond acceptors (Lipinski definition) is 3. The molecule has 0 radical (unpaired) electrons. The summed E-state index contributed by atoms with van der Waals surface area (Å²) in [6, 6.07) is 7.96. The van der Waals surface area contributed by atoms with Crippen LogP contribution in [0.1, 0.15) is 17.0 Å². The summed E-state index contributed by atoms with van der Waals surface area (Å²) in [4.78, 5) is 0. The maximum atomic E-state index is 5.90. The Morgan fingerprint density at radius 1 is 1.24 bits per heavy atom. The fourth-order valence-corrected chi connectivity index (χ4v) is 1.77. The minimum absolute atomic E-state index is 0.730. The molecule has 0 bridgehead atoms. The van der Waals surface area contributed by atoms with Crippen molar-refractivity contribution in [3.63, 3.8) is 0 Å². The van der Waals surface area contributed by atoms with E-state index in [1.54, 1.807) is 7.11 Å². The normalized spacial score (nSPS) is 10.5. The first-order valence-corrected chi connectivity index (χ1v) is 5.54. The Bertz CT molecular complexity index is 514. The van der Waals surface area contributed by atoms with Gasteiger partial charge < -0.3 is 10.5 Å². The molecule has 0 spiro atoms. The number of hydrogen-bond donors (Lipinski definition) is 1. The van der Waals surface area contributed by atoms with Gasteiger partial charge in [-0.3, -0.25) is 4.68 Å². The second kappa shape index (κ2) is 4.49. The van der Waals surface area contributed by atoms with Gasteiger partial charge in [0.05, 0.1) is 30.7 Å². The van der Waals surface area contributed by atoms with Crippen LogP contribution < -0.4 is 10.5 Å². The highest BCUT2D eigenvalue weighted by molar-refractivity contribution is 5.47. The van der Waals surface area contributed by atoms with Gasteiger partial charge in [-0.2, -0.15) is 5.10 Å². The van der Waals surface area contributed by atoms with Crippen LogP contribution in [0.5, 0.6) is 5.75 Å². The molecule has 0 aliphatic carbocycles. The number of anilines is 1. The van der Waals surface area contributed by atoms with Crippen molar-refractivity contribution in [3.8, 4) is 5.75 Å². The predicted molar refractivity (Wildman–Crippen MR) is 68.2 cm³/mol. The fourth-order valence-electron chi connectivity index (χ4n) is 1.77.